The van der Waals surface area contributed by atoms with E-state index in [1.807, 2.05) is 0 Å². The SMILES string of the molecule is Cc1ccc([N+](=O)[O-])cc1S(=O)(=O)Nc1cccc(-c2ccc3nncn3n2)c1. The van der Waals surface area contributed by atoms with Crippen molar-refractivity contribution in [2.24, 2.45) is 0 Å². The van der Waals surface area contributed by atoms with Crippen LogP contribution in [0.15, 0.2) is 65.8 Å². The van der Waals surface area contributed by atoms with Gasteiger partial charge in [-0.2, -0.15) is 9.61 Å². The summed E-state index contributed by atoms with van der Waals surface area (Å²) >= 11 is 0. The number of rotatable bonds is 5. The molecule has 0 atom stereocenters. The summed E-state index contributed by atoms with van der Waals surface area (Å²) < 4.78 is 29.6. The number of non-ortho nitro benzene ring substituents is 1. The second kappa shape index (κ2) is 6.95. The number of nitrogens with zero attached hydrogens (tertiary/aromatic N) is 5. The number of aryl methyl sites for hydroxylation is 1. The topological polar surface area (TPSA) is 132 Å². The monoisotopic (exact) mass is 410 g/mol. The molecule has 2 heterocycles. The number of benzene rings is 2. The van der Waals surface area contributed by atoms with Crippen molar-refractivity contribution in [2.75, 3.05) is 4.72 Å². The van der Waals surface area contributed by atoms with Crippen molar-refractivity contribution in [3.63, 3.8) is 0 Å². The van der Waals surface area contributed by atoms with Gasteiger partial charge >= 0.3 is 0 Å². The lowest BCUT2D eigenvalue weighted by molar-refractivity contribution is -0.385. The standard InChI is InChI=1S/C18H14N6O4S/c1-12-5-6-15(24(25)26)10-17(12)29(27,28)22-14-4-2-3-13(9-14)16-7-8-18-20-19-11-23(18)21-16/h2-11,22H,1H3. The Bertz CT molecular complexity index is 1350. The molecule has 0 saturated heterocycles. The highest BCUT2D eigenvalue weighted by Gasteiger charge is 2.21. The van der Waals surface area contributed by atoms with Gasteiger partial charge in [0.15, 0.2) is 5.65 Å². The highest BCUT2D eigenvalue weighted by atomic mass is 32.2. The number of hydrogen-bond acceptors (Lipinski definition) is 7. The highest BCUT2D eigenvalue weighted by molar-refractivity contribution is 7.92. The van der Waals surface area contributed by atoms with Gasteiger partial charge in [-0.25, -0.2) is 8.42 Å². The molecular weight excluding hydrogens is 396 g/mol. The second-order valence-electron chi connectivity index (χ2n) is 6.25. The predicted molar refractivity (Wildman–Crippen MR) is 105 cm³/mol. The number of anilines is 1. The van der Waals surface area contributed by atoms with Crippen LogP contribution in [-0.4, -0.2) is 33.2 Å². The Balaban J connectivity index is 1.68. The first-order valence-corrected chi connectivity index (χ1v) is 9.87. The van der Waals surface area contributed by atoms with E-state index < -0.39 is 14.9 Å². The van der Waals surface area contributed by atoms with Crippen LogP contribution in [0, 0.1) is 17.0 Å². The van der Waals surface area contributed by atoms with E-state index in [2.05, 4.69) is 20.0 Å². The van der Waals surface area contributed by atoms with Crippen molar-refractivity contribution in [1.29, 1.82) is 0 Å². The van der Waals surface area contributed by atoms with Gasteiger partial charge in [0.1, 0.15) is 6.33 Å². The van der Waals surface area contributed by atoms with E-state index in [0.29, 0.717) is 28.2 Å². The molecular formula is C18H14N6O4S. The average Bonchev–Trinajstić information content (AvgIpc) is 3.15. The van der Waals surface area contributed by atoms with Crippen LogP contribution in [0.4, 0.5) is 11.4 Å². The molecule has 0 aliphatic rings. The molecule has 4 rings (SSSR count). The van der Waals surface area contributed by atoms with Crippen LogP contribution in [0.2, 0.25) is 0 Å². The summed E-state index contributed by atoms with van der Waals surface area (Å²) in [5.74, 6) is 0. The summed E-state index contributed by atoms with van der Waals surface area (Å²) in [6.45, 7) is 1.58. The van der Waals surface area contributed by atoms with Crippen LogP contribution in [0.1, 0.15) is 5.56 Å². The molecule has 10 nitrogen and oxygen atoms in total. The van der Waals surface area contributed by atoms with Gasteiger partial charge in [0.05, 0.1) is 15.5 Å². The Morgan fingerprint density at radius 2 is 1.93 bits per heavy atom. The van der Waals surface area contributed by atoms with Crippen LogP contribution >= 0.6 is 0 Å². The average molecular weight is 410 g/mol. The van der Waals surface area contributed by atoms with Crippen molar-refractivity contribution < 1.29 is 13.3 Å². The maximum Gasteiger partial charge on any atom is 0.270 e. The minimum absolute atomic E-state index is 0.152. The van der Waals surface area contributed by atoms with Crippen LogP contribution < -0.4 is 4.72 Å². The number of fused-ring (bicyclic) bond motifs is 1. The summed E-state index contributed by atoms with van der Waals surface area (Å²) in [5.41, 5.74) is 2.28. The first-order valence-electron chi connectivity index (χ1n) is 8.39. The van der Waals surface area contributed by atoms with Gasteiger partial charge in [-0.15, -0.1) is 10.2 Å². The van der Waals surface area contributed by atoms with Gasteiger partial charge in [0, 0.05) is 23.4 Å². The smallest absolute Gasteiger partial charge is 0.270 e. The third kappa shape index (κ3) is 3.62. The largest absolute Gasteiger partial charge is 0.280 e. The van der Waals surface area contributed by atoms with E-state index in [0.717, 1.165) is 6.07 Å². The molecule has 0 spiro atoms. The number of nitro groups is 1. The summed E-state index contributed by atoms with van der Waals surface area (Å²) in [5, 5.41) is 23.0. The third-order valence-electron chi connectivity index (χ3n) is 4.24. The number of nitrogens with one attached hydrogen (secondary N) is 1. The first-order chi connectivity index (χ1) is 13.8. The fourth-order valence-electron chi connectivity index (χ4n) is 2.83. The van der Waals surface area contributed by atoms with E-state index in [4.69, 9.17) is 0 Å². The quantitative estimate of drug-likeness (QED) is 0.395. The molecule has 4 aromatic rings. The highest BCUT2D eigenvalue weighted by Crippen LogP contribution is 2.26. The van der Waals surface area contributed by atoms with E-state index in [9.17, 15) is 18.5 Å². The van der Waals surface area contributed by atoms with Gasteiger partial charge in [-0.05, 0) is 36.8 Å². The fraction of sp³-hybridized carbons (Fsp3) is 0.0556. The molecule has 1 N–H and O–H groups in total. The van der Waals surface area contributed by atoms with Gasteiger partial charge in [-0.3, -0.25) is 14.8 Å². The zero-order valence-corrected chi connectivity index (χ0v) is 15.9. The summed E-state index contributed by atoms with van der Waals surface area (Å²) in [6, 6.07) is 13.9. The molecule has 0 aliphatic carbocycles. The number of aromatic nitrogens is 4. The molecule has 0 radical (unpaired) electrons. The third-order valence-corrected chi connectivity index (χ3v) is 5.77. The number of nitro benzene ring substituents is 1. The van der Waals surface area contributed by atoms with E-state index >= 15 is 0 Å². The van der Waals surface area contributed by atoms with Crippen LogP contribution in [-0.2, 0) is 10.0 Å². The molecule has 0 unspecified atom stereocenters. The molecule has 2 aromatic carbocycles. The molecule has 0 aliphatic heterocycles. The Hall–Kier alpha value is -3.86. The lowest BCUT2D eigenvalue weighted by Crippen LogP contribution is -2.14. The molecule has 0 amide bonds. The van der Waals surface area contributed by atoms with Crippen molar-refractivity contribution in [1.82, 2.24) is 19.8 Å². The molecule has 0 bridgehead atoms. The van der Waals surface area contributed by atoms with Crippen molar-refractivity contribution in [3.05, 3.63) is 76.6 Å². The molecule has 0 saturated carbocycles. The maximum atomic E-state index is 12.8. The molecule has 2 aromatic heterocycles. The first kappa shape index (κ1) is 18.5. The number of hydrogen-bond donors (Lipinski definition) is 1. The van der Waals surface area contributed by atoms with Gasteiger partial charge in [0.2, 0.25) is 0 Å². The zero-order chi connectivity index (χ0) is 20.6. The Labute approximate surface area is 165 Å². The second-order valence-corrected chi connectivity index (χ2v) is 7.90. The summed E-state index contributed by atoms with van der Waals surface area (Å²) in [7, 11) is -4.02. The van der Waals surface area contributed by atoms with Crippen molar-refractivity contribution in [2.45, 2.75) is 11.8 Å². The predicted octanol–water partition coefficient (Wildman–Crippen LogP) is 2.81. The molecule has 29 heavy (non-hydrogen) atoms. The number of sulfonamides is 1. The van der Waals surface area contributed by atoms with Crippen LogP contribution in [0.3, 0.4) is 0 Å². The molecule has 0 fully saturated rings. The molecule has 11 heteroatoms. The van der Waals surface area contributed by atoms with E-state index in [1.54, 1.807) is 43.3 Å². The molecule has 146 valence electrons. The minimum Gasteiger partial charge on any atom is -0.280 e. The Morgan fingerprint density at radius 3 is 2.72 bits per heavy atom. The lowest BCUT2D eigenvalue weighted by Gasteiger charge is -2.11. The van der Waals surface area contributed by atoms with E-state index in [-0.39, 0.29) is 10.6 Å². The zero-order valence-electron chi connectivity index (χ0n) is 15.1. The fourth-order valence-corrected chi connectivity index (χ4v) is 4.14. The summed E-state index contributed by atoms with van der Waals surface area (Å²) in [6.07, 6.45) is 1.47. The van der Waals surface area contributed by atoms with Gasteiger partial charge < -0.3 is 0 Å². The Kier molecular flexibility index (Phi) is 4.43. The lowest BCUT2D eigenvalue weighted by atomic mass is 10.1. The van der Waals surface area contributed by atoms with Gasteiger partial charge in [0.25, 0.3) is 15.7 Å². The van der Waals surface area contributed by atoms with Crippen molar-refractivity contribution in [3.8, 4) is 11.3 Å². The summed E-state index contributed by atoms with van der Waals surface area (Å²) in [4.78, 5) is 10.2. The van der Waals surface area contributed by atoms with Gasteiger partial charge in [-0.1, -0.05) is 18.2 Å². The normalized spacial score (nSPS) is 11.5. The van der Waals surface area contributed by atoms with Crippen LogP contribution in [0.5, 0.6) is 0 Å². The van der Waals surface area contributed by atoms with E-state index in [1.165, 1.54) is 23.0 Å². The Morgan fingerprint density at radius 1 is 1.10 bits per heavy atom. The maximum absolute atomic E-state index is 12.8. The minimum atomic E-state index is -4.02. The van der Waals surface area contributed by atoms with Crippen molar-refractivity contribution >= 4 is 27.0 Å². The van der Waals surface area contributed by atoms with Crippen LogP contribution in [0.25, 0.3) is 16.9 Å².